The van der Waals surface area contributed by atoms with Gasteiger partial charge in [-0.05, 0) is 36.4 Å². The number of aryl methyl sites for hydroxylation is 1. The van der Waals surface area contributed by atoms with E-state index < -0.39 is 41.1 Å². The standard InChI is InChI=1S/C18H11F4N5O3/c1-26-15-11(6-7-12(23-15)18(20,21)22)16(28)27(17(26)29)8-13-24-14(25-30-13)9-2-4-10(19)5-3-9/h2-7H,8H2,1H3. The monoisotopic (exact) mass is 421 g/mol. The van der Waals surface area contributed by atoms with Crippen molar-refractivity contribution in [1.82, 2.24) is 24.3 Å². The highest BCUT2D eigenvalue weighted by atomic mass is 19.4. The Morgan fingerprint density at radius 3 is 2.40 bits per heavy atom. The average Bonchev–Trinajstić information content (AvgIpc) is 3.17. The zero-order valence-electron chi connectivity index (χ0n) is 15.1. The number of rotatable bonds is 3. The Kier molecular flexibility index (Phi) is 4.48. The van der Waals surface area contributed by atoms with E-state index >= 15 is 0 Å². The number of fused-ring (bicyclic) bond motifs is 1. The SMILES string of the molecule is Cn1c(=O)n(Cc2nc(-c3ccc(F)cc3)no2)c(=O)c2ccc(C(F)(F)F)nc21. The van der Waals surface area contributed by atoms with Crippen LogP contribution in [0.1, 0.15) is 11.6 Å². The summed E-state index contributed by atoms with van der Waals surface area (Å²) in [6.45, 7) is -0.406. The Labute approximate surface area is 164 Å². The van der Waals surface area contributed by atoms with Gasteiger partial charge in [0.05, 0.1) is 5.39 Å². The molecule has 3 heterocycles. The van der Waals surface area contributed by atoms with E-state index in [0.29, 0.717) is 11.6 Å². The normalized spacial score (nSPS) is 11.9. The number of benzene rings is 1. The summed E-state index contributed by atoms with van der Waals surface area (Å²) in [5, 5.41) is 3.55. The number of hydrogen-bond donors (Lipinski definition) is 0. The van der Waals surface area contributed by atoms with E-state index in [-0.39, 0.29) is 17.1 Å². The molecule has 1 aromatic carbocycles. The minimum absolute atomic E-state index is 0.0901. The number of halogens is 4. The van der Waals surface area contributed by atoms with E-state index in [0.717, 1.165) is 15.2 Å². The minimum Gasteiger partial charge on any atom is -0.337 e. The van der Waals surface area contributed by atoms with E-state index in [1.54, 1.807) is 0 Å². The first-order chi connectivity index (χ1) is 14.1. The van der Waals surface area contributed by atoms with E-state index in [1.807, 2.05) is 0 Å². The molecule has 8 nitrogen and oxygen atoms in total. The molecule has 30 heavy (non-hydrogen) atoms. The van der Waals surface area contributed by atoms with E-state index in [9.17, 15) is 27.2 Å². The Balaban J connectivity index is 1.76. The molecule has 0 amide bonds. The van der Waals surface area contributed by atoms with Gasteiger partial charge in [0.15, 0.2) is 0 Å². The van der Waals surface area contributed by atoms with Crippen molar-refractivity contribution in [3.8, 4) is 11.4 Å². The van der Waals surface area contributed by atoms with Gasteiger partial charge in [0.25, 0.3) is 5.56 Å². The predicted molar refractivity (Wildman–Crippen MR) is 95.0 cm³/mol. The topological polar surface area (TPSA) is 95.8 Å². The van der Waals surface area contributed by atoms with Gasteiger partial charge in [-0.15, -0.1) is 0 Å². The third-order valence-electron chi connectivity index (χ3n) is 4.34. The smallest absolute Gasteiger partial charge is 0.337 e. The fourth-order valence-corrected chi connectivity index (χ4v) is 2.84. The van der Waals surface area contributed by atoms with E-state index in [4.69, 9.17) is 4.52 Å². The molecule has 154 valence electrons. The summed E-state index contributed by atoms with van der Waals surface area (Å²) in [4.78, 5) is 32.7. The van der Waals surface area contributed by atoms with Crippen molar-refractivity contribution in [1.29, 1.82) is 0 Å². The zero-order chi connectivity index (χ0) is 21.6. The van der Waals surface area contributed by atoms with Crippen molar-refractivity contribution in [2.75, 3.05) is 0 Å². The van der Waals surface area contributed by atoms with Crippen molar-refractivity contribution in [2.24, 2.45) is 7.05 Å². The van der Waals surface area contributed by atoms with Gasteiger partial charge in [-0.2, -0.15) is 18.2 Å². The van der Waals surface area contributed by atoms with Gasteiger partial charge in [0.1, 0.15) is 23.7 Å². The number of pyridine rings is 1. The Hall–Kier alpha value is -3.83. The van der Waals surface area contributed by atoms with Crippen LogP contribution < -0.4 is 11.2 Å². The second-order valence-electron chi connectivity index (χ2n) is 6.32. The zero-order valence-corrected chi connectivity index (χ0v) is 15.1. The molecule has 0 aliphatic carbocycles. The summed E-state index contributed by atoms with van der Waals surface area (Å²) in [5.41, 5.74) is -2.91. The molecule has 0 radical (unpaired) electrons. The number of alkyl halides is 3. The van der Waals surface area contributed by atoms with Crippen LogP contribution in [0.4, 0.5) is 17.6 Å². The van der Waals surface area contributed by atoms with E-state index in [2.05, 4.69) is 15.1 Å². The summed E-state index contributed by atoms with van der Waals surface area (Å²) < 4.78 is 58.4. The number of hydrogen-bond acceptors (Lipinski definition) is 6. The molecular formula is C18H11F4N5O3. The van der Waals surface area contributed by atoms with Gasteiger partial charge in [-0.1, -0.05) is 5.16 Å². The molecule has 12 heteroatoms. The summed E-state index contributed by atoms with van der Waals surface area (Å²) >= 11 is 0. The lowest BCUT2D eigenvalue weighted by Crippen LogP contribution is -2.39. The largest absolute Gasteiger partial charge is 0.433 e. The molecule has 0 bridgehead atoms. The first-order valence-electron chi connectivity index (χ1n) is 8.41. The Morgan fingerprint density at radius 2 is 1.73 bits per heavy atom. The van der Waals surface area contributed by atoms with Crippen LogP contribution in [0.25, 0.3) is 22.4 Å². The van der Waals surface area contributed by atoms with Crippen LogP contribution in [0.2, 0.25) is 0 Å². The van der Waals surface area contributed by atoms with Crippen LogP contribution in [-0.2, 0) is 19.8 Å². The molecule has 4 rings (SSSR count). The molecule has 0 aliphatic heterocycles. The predicted octanol–water partition coefficient (Wildman–Crippen LogP) is 2.35. The lowest BCUT2D eigenvalue weighted by molar-refractivity contribution is -0.141. The first-order valence-corrected chi connectivity index (χ1v) is 8.41. The van der Waals surface area contributed by atoms with Crippen molar-refractivity contribution in [3.63, 3.8) is 0 Å². The third kappa shape index (κ3) is 3.36. The second kappa shape index (κ2) is 6.90. The van der Waals surface area contributed by atoms with Gasteiger partial charge in [0, 0.05) is 12.6 Å². The molecule has 0 aliphatic rings. The average molecular weight is 421 g/mol. The maximum atomic E-state index is 13.0. The molecule has 3 aromatic heterocycles. The van der Waals surface area contributed by atoms with Crippen molar-refractivity contribution < 1.29 is 22.1 Å². The summed E-state index contributed by atoms with van der Waals surface area (Å²) in [7, 11) is 1.20. The quantitative estimate of drug-likeness (QED) is 0.472. The molecule has 0 saturated carbocycles. The van der Waals surface area contributed by atoms with Gasteiger partial charge < -0.3 is 4.52 Å². The molecule has 4 aromatic rings. The highest BCUT2D eigenvalue weighted by molar-refractivity contribution is 5.74. The molecule has 0 saturated heterocycles. The molecule has 0 unspecified atom stereocenters. The third-order valence-corrected chi connectivity index (χ3v) is 4.34. The molecule has 0 spiro atoms. The summed E-state index contributed by atoms with van der Waals surface area (Å²) in [6.07, 6.45) is -4.72. The number of nitrogens with zero attached hydrogens (tertiary/aromatic N) is 5. The van der Waals surface area contributed by atoms with Crippen LogP contribution >= 0.6 is 0 Å². The van der Waals surface area contributed by atoms with Crippen LogP contribution in [-0.4, -0.2) is 24.3 Å². The lowest BCUT2D eigenvalue weighted by Gasteiger charge is -2.11. The molecular weight excluding hydrogens is 410 g/mol. The molecule has 0 N–H and O–H groups in total. The highest BCUT2D eigenvalue weighted by Gasteiger charge is 2.33. The van der Waals surface area contributed by atoms with Gasteiger partial charge in [-0.25, -0.2) is 14.2 Å². The fourth-order valence-electron chi connectivity index (χ4n) is 2.84. The van der Waals surface area contributed by atoms with Gasteiger partial charge >= 0.3 is 11.9 Å². The van der Waals surface area contributed by atoms with Crippen LogP contribution in [0.3, 0.4) is 0 Å². The van der Waals surface area contributed by atoms with Crippen LogP contribution in [0.5, 0.6) is 0 Å². The maximum Gasteiger partial charge on any atom is 0.433 e. The van der Waals surface area contributed by atoms with Crippen molar-refractivity contribution >= 4 is 11.0 Å². The van der Waals surface area contributed by atoms with Gasteiger partial charge in [-0.3, -0.25) is 13.9 Å². The molecule has 0 atom stereocenters. The van der Waals surface area contributed by atoms with Crippen LogP contribution in [0, 0.1) is 5.82 Å². The number of aromatic nitrogens is 5. The highest BCUT2D eigenvalue weighted by Crippen LogP contribution is 2.28. The first kappa shape index (κ1) is 19.5. The summed E-state index contributed by atoms with van der Waals surface area (Å²) in [5.74, 6) is -0.420. The maximum absolute atomic E-state index is 13.0. The van der Waals surface area contributed by atoms with Gasteiger partial charge in [0.2, 0.25) is 11.7 Å². The second-order valence-corrected chi connectivity index (χ2v) is 6.32. The minimum atomic E-state index is -4.72. The Bertz CT molecular complexity index is 1370. The van der Waals surface area contributed by atoms with E-state index in [1.165, 1.54) is 31.3 Å². The lowest BCUT2D eigenvalue weighted by atomic mass is 10.2. The van der Waals surface area contributed by atoms with Crippen LogP contribution in [0.15, 0.2) is 50.5 Å². The summed E-state index contributed by atoms with van der Waals surface area (Å²) in [6, 6.07) is 6.89. The van der Waals surface area contributed by atoms with Crippen molar-refractivity contribution in [3.05, 3.63) is 74.6 Å². The molecule has 0 fully saturated rings. The Morgan fingerprint density at radius 1 is 1.03 bits per heavy atom. The van der Waals surface area contributed by atoms with Crippen molar-refractivity contribution in [2.45, 2.75) is 12.7 Å². The fraction of sp³-hybridized carbons (Fsp3) is 0.167.